The van der Waals surface area contributed by atoms with Gasteiger partial charge in [-0.3, -0.25) is 18.7 Å². The summed E-state index contributed by atoms with van der Waals surface area (Å²) in [6.45, 7) is 0.115. The minimum Gasteiger partial charge on any atom is -0.481 e. The summed E-state index contributed by atoms with van der Waals surface area (Å²) in [5.41, 5.74) is 10.6. The fraction of sp³-hybridized carbons (Fsp3) is 0.160. The molecule has 0 fully saturated rings. The largest absolute Gasteiger partial charge is 0.481 e. The number of amides is 1. The van der Waals surface area contributed by atoms with E-state index < -0.39 is 52.9 Å². The summed E-state index contributed by atoms with van der Waals surface area (Å²) in [6.07, 6.45) is 0.0351. The number of rotatable bonds is 8. The van der Waals surface area contributed by atoms with Crippen molar-refractivity contribution in [2.75, 3.05) is 25.1 Å². The van der Waals surface area contributed by atoms with Crippen LogP contribution in [0.1, 0.15) is 23.2 Å². The summed E-state index contributed by atoms with van der Waals surface area (Å²) in [5, 5.41) is 9.11. The van der Waals surface area contributed by atoms with Crippen LogP contribution in [0.4, 0.5) is 11.4 Å². The second-order valence-corrected chi connectivity index (χ2v) is 11.7. The molecule has 0 unspecified atom stereocenters. The first-order valence-corrected chi connectivity index (χ1v) is 14.5. The Labute approximate surface area is 228 Å². The fourth-order valence-corrected chi connectivity index (χ4v) is 6.08. The van der Waals surface area contributed by atoms with E-state index in [4.69, 9.17) is 16.6 Å². The normalized spacial score (nSPS) is 12.1. The molecule has 40 heavy (non-hydrogen) atoms. The maximum Gasteiger partial charge on any atom is 0.303 e. The van der Waals surface area contributed by atoms with Crippen molar-refractivity contribution < 1.29 is 40.6 Å². The zero-order chi connectivity index (χ0) is 29.6. The van der Waals surface area contributed by atoms with Gasteiger partial charge in [0.15, 0.2) is 0 Å². The molecule has 0 saturated heterocycles. The van der Waals surface area contributed by atoms with Crippen molar-refractivity contribution in [1.29, 1.82) is 0 Å². The second-order valence-electron chi connectivity index (χ2n) is 8.97. The molecule has 4 aromatic rings. The molecular weight excluding hydrogens is 564 g/mol. The van der Waals surface area contributed by atoms with E-state index in [0.717, 1.165) is 0 Å². The van der Waals surface area contributed by atoms with E-state index >= 15 is 0 Å². The van der Waals surface area contributed by atoms with Gasteiger partial charge in [0.2, 0.25) is 0 Å². The number of nitrogen functional groups attached to an aromatic ring is 2. The maximum atomic E-state index is 13.5. The average Bonchev–Trinajstić information content (AvgIpc) is 2.84. The van der Waals surface area contributed by atoms with E-state index in [9.17, 15) is 35.5 Å². The Morgan fingerprint density at radius 1 is 0.850 bits per heavy atom. The van der Waals surface area contributed by atoms with Crippen LogP contribution in [0.3, 0.4) is 0 Å². The van der Waals surface area contributed by atoms with Crippen molar-refractivity contribution in [3.05, 3.63) is 54.1 Å². The van der Waals surface area contributed by atoms with Crippen LogP contribution < -0.4 is 11.5 Å². The van der Waals surface area contributed by atoms with Gasteiger partial charge < -0.3 is 21.5 Å². The molecule has 0 bridgehead atoms. The number of anilines is 2. The van der Waals surface area contributed by atoms with Crippen LogP contribution in [0.5, 0.6) is 0 Å². The standard InChI is InChI=1S/C25H24N4O9S2/c1-29(12-4-7-19(30)31)25(32)14-6-3-2-5-13(14)20-15-8-10-17(26)23(39(33,34)35)21(15)28-22-16(20)9-11-18(27)24(22)40(36,37)38/h2-3,5-6,8-11H,4,7,12,26-27H2,1H3,(H,30,31)(H,33,34,35)(H,36,37,38). The van der Waals surface area contributed by atoms with Crippen LogP contribution in [0, 0.1) is 0 Å². The number of carbonyl (C=O) groups is 2. The van der Waals surface area contributed by atoms with Gasteiger partial charge in [0.1, 0.15) is 9.79 Å². The van der Waals surface area contributed by atoms with Gasteiger partial charge in [0.05, 0.1) is 22.4 Å². The number of benzene rings is 3. The van der Waals surface area contributed by atoms with Crippen LogP contribution >= 0.6 is 0 Å². The molecule has 4 rings (SSSR count). The summed E-state index contributed by atoms with van der Waals surface area (Å²) in [4.78, 5) is 28.3. The molecule has 0 radical (unpaired) electrons. The number of aromatic nitrogens is 1. The first-order valence-electron chi connectivity index (χ1n) is 11.6. The van der Waals surface area contributed by atoms with E-state index in [1.807, 2.05) is 0 Å². The lowest BCUT2D eigenvalue weighted by atomic mass is 9.92. The van der Waals surface area contributed by atoms with Gasteiger partial charge in [-0.05, 0) is 30.2 Å². The smallest absolute Gasteiger partial charge is 0.303 e. The molecule has 15 heteroatoms. The molecular formula is C25H24N4O9S2. The van der Waals surface area contributed by atoms with E-state index in [2.05, 4.69) is 4.98 Å². The van der Waals surface area contributed by atoms with Gasteiger partial charge in [-0.15, -0.1) is 0 Å². The Bertz CT molecular complexity index is 1830. The van der Waals surface area contributed by atoms with Crippen molar-refractivity contribution in [3.63, 3.8) is 0 Å². The van der Waals surface area contributed by atoms with Crippen molar-refractivity contribution in [3.8, 4) is 11.1 Å². The van der Waals surface area contributed by atoms with Gasteiger partial charge in [0, 0.05) is 41.9 Å². The number of nitrogens with zero attached hydrogens (tertiary/aromatic N) is 2. The summed E-state index contributed by atoms with van der Waals surface area (Å²) in [6, 6.07) is 11.4. The molecule has 3 aromatic carbocycles. The number of carboxylic acids is 1. The molecule has 0 spiro atoms. The molecule has 0 aliphatic carbocycles. The van der Waals surface area contributed by atoms with Crippen LogP contribution in [-0.2, 0) is 25.0 Å². The number of hydrogen-bond donors (Lipinski definition) is 5. The highest BCUT2D eigenvalue weighted by molar-refractivity contribution is 7.86. The molecule has 1 heterocycles. The monoisotopic (exact) mass is 588 g/mol. The number of fused-ring (bicyclic) bond motifs is 2. The SMILES string of the molecule is CN(CCCC(=O)O)C(=O)c1ccccc1-c1c2ccc(N)c(S(=O)(=O)O)c2nc2c(S(=O)(=O)O)c(N)ccc12. The van der Waals surface area contributed by atoms with Crippen molar-refractivity contribution in [2.45, 2.75) is 22.6 Å². The van der Waals surface area contributed by atoms with Crippen LogP contribution in [0.15, 0.2) is 58.3 Å². The predicted octanol–water partition coefficient (Wildman–Crippen LogP) is 2.65. The Kier molecular flexibility index (Phi) is 7.42. The Morgan fingerprint density at radius 3 is 1.82 bits per heavy atom. The quantitative estimate of drug-likeness (QED) is 0.114. The van der Waals surface area contributed by atoms with Crippen molar-refractivity contribution in [2.24, 2.45) is 0 Å². The molecule has 210 valence electrons. The molecule has 1 aromatic heterocycles. The lowest BCUT2D eigenvalue weighted by Gasteiger charge is -2.21. The fourth-order valence-electron chi connectivity index (χ4n) is 4.55. The van der Waals surface area contributed by atoms with Gasteiger partial charge in [-0.25, -0.2) is 4.98 Å². The van der Waals surface area contributed by atoms with Crippen LogP contribution in [-0.4, -0.2) is 66.4 Å². The first-order chi connectivity index (χ1) is 18.6. The van der Waals surface area contributed by atoms with Gasteiger partial charge >= 0.3 is 5.97 Å². The summed E-state index contributed by atoms with van der Waals surface area (Å²) < 4.78 is 69.4. The number of carboxylic acid groups (broad SMARTS) is 1. The van der Waals surface area contributed by atoms with Crippen molar-refractivity contribution in [1.82, 2.24) is 9.88 Å². The van der Waals surface area contributed by atoms with Gasteiger partial charge in [0.25, 0.3) is 26.1 Å². The zero-order valence-corrected chi connectivity index (χ0v) is 22.5. The molecule has 13 nitrogen and oxygen atoms in total. The highest BCUT2D eigenvalue weighted by atomic mass is 32.2. The predicted molar refractivity (Wildman–Crippen MR) is 147 cm³/mol. The summed E-state index contributed by atoms with van der Waals surface area (Å²) >= 11 is 0. The Balaban J connectivity index is 2.15. The summed E-state index contributed by atoms with van der Waals surface area (Å²) in [7, 11) is -8.51. The number of hydrogen-bond acceptors (Lipinski definition) is 9. The molecule has 0 aliphatic heterocycles. The highest BCUT2D eigenvalue weighted by Crippen LogP contribution is 2.42. The van der Waals surface area contributed by atoms with E-state index in [0.29, 0.717) is 0 Å². The van der Waals surface area contributed by atoms with Crippen molar-refractivity contribution >= 4 is 65.3 Å². The third-order valence-electron chi connectivity index (χ3n) is 6.26. The Morgan fingerprint density at radius 2 is 1.35 bits per heavy atom. The zero-order valence-electron chi connectivity index (χ0n) is 20.9. The highest BCUT2D eigenvalue weighted by Gasteiger charge is 2.28. The van der Waals surface area contributed by atoms with Gasteiger partial charge in [-0.2, -0.15) is 16.8 Å². The number of nitrogens with two attached hydrogens (primary N) is 2. The third kappa shape index (κ3) is 5.27. The Hall–Kier alpha value is -4.31. The number of carbonyl (C=O) groups excluding carboxylic acids is 1. The van der Waals surface area contributed by atoms with Crippen LogP contribution in [0.25, 0.3) is 32.9 Å². The molecule has 0 atom stereocenters. The molecule has 0 aliphatic rings. The third-order valence-corrected chi connectivity index (χ3v) is 8.15. The topological polar surface area (TPSA) is 231 Å². The lowest BCUT2D eigenvalue weighted by Crippen LogP contribution is -2.28. The van der Waals surface area contributed by atoms with E-state index in [-0.39, 0.29) is 58.2 Å². The van der Waals surface area contributed by atoms with Gasteiger partial charge in [-0.1, -0.05) is 30.3 Å². The summed E-state index contributed by atoms with van der Waals surface area (Å²) in [5.74, 6) is -1.52. The lowest BCUT2D eigenvalue weighted by molar-refractivity contribution is -0.137. The van der Waals surface area contributed by atoms with Crippen LogP contribution in [0.2, 0.25) is 0 Å². The van der Waals surface area contributed by atoms with E-state index in [1.54, 1.807) is 18.2 Å². The molecule has 7 N–H and O–H groups in total. The minimum absolute atomic E-state index is 0.0918. The second kappa shape index (κ2) is 10.3. The first kappa shape index (κ1) is 28.7. The number of aliphatic carboxylic acids is 1. The minimum atomic E-state index is -5.00. The average molecular weight is 589 g/mol. The molecule has 1 amide bonds. The maximum absolute atomic E-state index is 13.5. The number of pyridine rings is 1. The molecule has 0 saturated carbocycles. The van der Waals surface area contributed by atoms with E-state index in [1.165, 1.54) is 42.3 Å².